The predicted molar refractivity (Wildman–Crippen MR) is 123 cm³/mol. The molecule has 0 unspecified atom stereocenters. The van der Waals surface area contributed by atoms with Crippen molar-refractivity contribution in [2.24, 2.45) is 0 Å². The maximum absolute atomic E-state index is 12.9. The zero-order chi connectivity index (χ0) is 22.0. The van der Waals surface area contributed by atoms with Gasteiger partial charge in [0.15, 0.2) is 15.8 Å². The number of thioether (sulfide) groups is 1. The predicted octanol–water partition coefficient (Wildman–Crippen LogP) is 5.22. The lowest BCUT2D eigenvalue weighted by molar-refractivity contribution is -0.113. The molecule has 1 aliphatic heterocycles. The Morgan fingerprint density at radius 1 is 1.13 bits per heavy atom. The summed E-state index contributed by atoms with van der Waals surface area (Å²) in [5.41, 5.74) is 2.54. The van der Waals surface area contributed by atoms with E-state index in [1.807, 2.05) is 31.2 Å². The zero-order valence-corrected chi connectivity index (χ0v) is 18.3. The molecule has 8 heteroatoms. The fraction of sp³-hybridized carbons (Fsp3) is 0.0870. The molecule has 6 nitrogen and oxygen atoms in total. The van der Waals surface area contributed by atoms with Crippen molar-refractivity contribution in [1.82, 2.24) is 0 Å². The summed E-state index contributed by atoms with van der Waals surface area (Å²) < 4.78 is 16.2. The van der Waals surface area contributed by atoms with Gasteiger partial charge in [0.2, 0.25) is 5.76 Å². The van der Waals surface area contributed by atoms with Crippen LogP contribution in [0.25, 0.3) is 6.08 Å². The molecule has 0 saturated carbocycles. The number of hydrogen-bond donors (Lipinski definition) is 0. The number of furan rings is 1. The van der Waals surface area contributed by atoms with E-state index in [0.717, 1.165) is 11.3 Å². The highest BCUT2D eigenvalue weighted by Crippen LogP contribution is 2.37. The number of benzene rings is 2. The summed E-state index contributed by atoms with van der Waals surface area (Å²) in [6.07, 6.45) is 3.12. The average molecular weight is 452 g/mol. The monoisotopic (exact) mass is 451 g/mol. The van der Waals surface area contributed by atoms with E-state index in [1.54, 1.807) is 30.3 Å². The van der Waals surface area contributed by atoms with Crippen molar-refractivity contribution in [2.75, 3.05) is 12.0 Å². The van der Waals surface area contributed by atoms with E-state index in [2.05, 4.69) is 0 Å². The Morgan fingerprint density at radius 2 is 1.90 bits per heavy atom. The number of hydrogen-bond acceptors (Lipinski definition) is 7. The van der Waals surface area contributed by atoms with E-state index in [9.17, 15) is 9.59 Å². The minimum Gasteiger partial charge on any atom is -0.493 e. The van der Waals surface area contributed by atoms with E-state index in [0.29, 0.717) is 20.5 Å². The molecular formula is C23H17NO5S2. The van der Waals surface area contributed by atoms with E-state index in [4.69, 9.17) is 26.1 Å². The lowest BCUT2D eigenvalue weighted by Gasteiger charge is -2.14. The summed E-state index contributed by atoms with van der Waals surface area (Å²) in [5.74, 6) is -0.136. The molecule has 1 saturated heterocycles. The van der Waals surface area contributed by atoms with Crippen molar-refractivity contribution in [2.45, 2.75) is 6.92 Å². The number of amides is 1. The van der Waals surface area contributed by atoms with Gasteiger partial charge in [0.05, 0.1) is 24.0 Å². The number of carbonyl (C=O) groups is 2. The summed E-state index contributed by atoms with van der Waals surface area (Å²) in [5, 5.41) is 0. The summed E-state index contributed by atoms with van der Waals surface area (Å²) >= 11 is 6.65. The molecule has 1 amide bonds. The number of methoxy groups -OCH3 is 1. The molecule has 4 rings (SSSR count). The van der Waals surface area contributed by atoms with Gasteiger partial charge in [-0.3, -0.25) is 9.69 Å². The molecule has 0 radical (unpaired) electrons. The highest BCUT2D eigenvalue weighted by atomic mass is 32.2. The third-order valence-corrected chi connectivity index (χ3v) is 5.80. The Labute approximate surface area is 188 Å². The third kappa shape index (κ3) is 4.40. The van der Waals surface area contributed by atoms with Gasteiger partial charge < -0.3 is 13.9 Å². The molecule has 0 N–H and O–H groups in total. The maximum atomic E-state index is 12.9. The number of thiocarbonyl (C=S) groups is 1. The van der Waals surface area contributed by atoms with Gasteiger partial charge in [0.25, 0.3) is 5.91 Å². The van der Waals surface area contributed by atoms with Crippen LogP contribution in [0.4, 0.5) is 5.69 Å². The molecule has 0 atom stereocenters. The molecule has 1 aromatic heterocycles. The lowest BCUT2D eigenvalue weighted by atomic mass is 10.1. The second-order valence-electron chi connectivity index (χ2n) is 6.63. The number of esters is 1. The first-order valence-electron chi connectivity index (χ1n) is 9.24. The number of nitrogens with zero attached hydrogens (tertiary/aromatic N) is 1. The minimum absolute atomic E-state index is 0.0888. The number of ether oxygens (including phenoxy) is 2. The number of rotatable bonds is 5. The van der Waals surface area contributed by atoms with Crippen molar-refractivity contribution in [3.05, 3.63) is 82.7 Å². The topological polar surface area (TPSA) is 69.0 Å². The molecule has 0 bridgehead atoms. The molecule has 31 heavy (non-hydrogen) atoms. The van der Waals surface area contributed by atoms with Crippen molar-refractivity contribution >= 4 is 51.9 Å². The molecule has 2 heterocycles. The van der Waals surface area contributed by atoms with Gasteiger partial charge >= 0.3 is 5.97 Å². The van der Waals surface area contributed by atoms with Crippen LogP contribution in [0.5, 0.6) is 11.5 Å². The molecular weight excluding hydrogens is 434 g/mol. The average Bonchev–Trinajstić information content (AvgIpc) is 3.39. The van der Waals surface area contributed by atoms with Crippen molar-refractivity contribution in [1.29, 1.82) is 0 Å². The van der Waals surface area contributed by atoms with Crippen LogP contribution >= 0.6 is 24.0 Å². The van der Waals surface area contributed by atoms with Gasteiger partial charge in [-0.25, -0.2) is 4.79 Å². The highest BCUT2D eigenvalue weighted by Gasteiger charge is 2.33. The van der Waals surface area contributed by atoms with Crippen LogP contribution in [0.3, 0.4) is 0 Å². The standard InChI is InChI=1S/C23H17NO5S2/c1-14-5-8-16(9-6-14)24-21(25)20(31-23(24)30)13-15-7-10-17(19(12-15)27-2)29-22(26)18-4-3-11-28-18/h3-13H,1-2H3/b20-13-. The Bertz CT molecular complexity index is 1180. The van der Waals surface area contributed by atoms with E-state index < -0.39 is 5.97 Å². The highest BCUT2D eigenvalue weighted by molar-refractivity contribution is 8.27. The second-order valence-corrected chi connectivity index (χ2v) is 8.31. The van der Waals surface area contributed by atoms with Gasteiger partial charge in [-0.2, -0.15) is 0 Å². The van der Waals surface area contributed by atoms with Crippen molar-refractivity contribution in [3.8, 4) is 11.5 Å². The van der Waals surface area contributed by atoms with Crippen LogP contribution in [0.1, 0.15) is 21.7 Å². The smallest absolute Gasteiger partial charge is 0.379 e. The SMILES string of the molecule is COc1cc(/C=C2\SC(=S)N(c3ccc(C)cc3)C2=O)ccc1OC(=O)c1ccco1. The van der Waals surface area contributed by atoms with Crippen LogP contribution in [0, 0.1) is 6.92 Å². The summed E-state index contributed by atoms with van der Waals surface area (Å²) in [6, 6.07) is 15.7. The normalized spacial score (nSPS) is 14.9. The molecule has 1 fully saturated rings. The molecule has 156 valence electrons. The molecule has 3 aromatic rings. The first-order chi connectivity index (χ1) is 15.0. The van der Waals surface area contributed by atoms with E-state index >= 15 is 0 Å². The zero-order valence-electron chi connectivity index (χ0n) is 16.7. The molecule has 2 aromatic carbocycles. The fourth-order valence-electron chi connectivity index (χ4n) is 2.94. The lowest BCUT2D eigenvalue weighted by Crippen LogP contribution is -2.27. The maximum Gasteiger partial charge on any atom is 0.379 e. The van der Waals surface area contributed by atoms with Gasteiger partial charge in [-0.1, -0.05) is 47.7 Å². The Kier molecular flexibility index (Phi) is 5.92. The van der Waals surface area contributed by atoms with Gasteiger partial charge in [-0.05, 0) is 55.0 Å². The van der Waals surface area contributed by atoms with Crippen LogP contribution < -0.4 is 14.4 Å². The summed E-state index contributed by atoms with van der Waals surface area (Å²) in [4.78, 5) is 27.1. The third-order valence-electron chi connectivity index (χ3n) is 4.50. The van der Waals surface area contributed by atoms with Crippen LogP contribution in [0.15, 0.2) is 70.2 Å². The van der Waals surface area contributed by atoms with Gasteiger partial charge in [-0.15, -0.1) is 0 Å². The van der Waals surface area contributed by atoms with Crippen molar-refractivity contribution < 1.29 is 23.5 Å². The number of carbonyl (C=O) groups excluding carboxylic acids is 2. The number of aryl methyl sites for hydroxylation is 1. The van der Waals surface area contributed by atoms with Gasteiger partial charge in [0, 0.05) is 0 Å². The molecule has 1 aliphatic rings. The van der Waals surface area contributed by atoms with Crippen LogP contribution in [-0.4, -0.2) is 23.3 Å². The first kappa shape index (κ1) is 20.9. The fourth-order valence-corrected chi connectivity index (χ4v) is 4.24. The van der Waals surface area contributed by atoms with Crippen LogP contribution in [0.2, 0.25) is 0 Å². The molecule has 0 spiro atoms. The van der Waals surface area contributed by atoms with E-state index in [1.165, 1.54) is 36.1 Å². The summed E-state index contributed by atoms with van der Waals surface area (Å²) in [7, 11) is 1.47. The minimum atomic E-state index is -0.630. The Hall–Kier alpha value is -3.36. The quantitative estimate of drug-likeness (QED) is 0.228. The Balaban J connectivity index is 1.57. The summed E-state index contributed by atoms with van der Waals surface area (Å²) in [6.45, 7) is 1.98. The largest absolute Gasteiger partial charge is 0.493 e. The number of anilines is 1. The second kappa shape index (κ2) is 8.79. The van der Waals surface area contributed by atoms with Gasteiger partial charge in [0.1, 0.15) is 0 Å². The van der Waals surface area contributed by atoms with Crippen LogP contribution in [-0.2, 0) is 4.79 Å². The first-order valence-corrected chi connectivity index (χ1v) is 10.5. The van der Waals surface area contributed by atoms with Crippen molar-refractivity contribution in [3.63, 3.8) is 0 Å². The molecule has 0 aliphatic carbocycles. The van der Waals surface area contributed by atoms with E-state index in [-0.39, 0.29) is 17.4 Å². The Morgan fingerprint density at radius 3 is 2.58 bits per heavy atom.